The second kappa shape index (κ2) is 11.1. The van der Waals surface area contributed by atoms with Gasteiger partial charge in [0.25, 0.3) is 5.56 Å². The lowest BCUT2D eigenvalue weighted by Crippen LogP contribution is -2.48. The highest BCUT2D eigenvalue weighted by molar-refractivity contribution is 5.76. The van der Waals surface area contributed by atoms with Gasteiger partial charge in [-0.1, -0.05) is 26.0 Å². The van der Waals surface area contributed by atoms with Gasteiger partial charge in [0.15, 0.2) is 5.82 Å². The van der Waals surface area contributed by atoms with Gasteiger partial charge >= 0.3 is 0 Å². The molecule has 0 saturated carbocycles. The highest BCUT2D eigenvalue weighted by Crippen LogP contribution is 2.21. The maximum Gasteiger partial charge on any atom is 0.273 e. The number of piperazine rings is 1. The van der Waals surface area contributed by atoms with Crippen LogP contribution in [0.25, 0.3) is 11.4 Å². The number of carbonyl (C=O) groups excluding carboxylic acids is 1. The molecular formula is C26H30FN5O3. The zero-order valence-electron chi connectivity index (χ0n) is 20.0. The van der Waals surface area contributed by atoms with Crippen LogP contribution in [-0.4, -0.2) is 58.8 Å². The van der Waals surface area contributed by atoms with E-state index in [1.807, 2.05) is 24.3 Å². The third kappa shape index (κ3) is 6.44. The highest BCUT2D eigenvalue weighted by atomic mass is 19.1. The number of ether oxygens (including phenoxy) is 1. The van der Waals surface area contributed by atoms with Gasteiger partial charge in [-0.3, -0.25) is 9.59 Å². The van der Waals surface area contributed by atoms with Gasteiger partial charge in [-0.2, -0.15) is 0 Å². The molecule has 0 aliphatic carbocycles. The lowest BCUT2D eigenvalue weighted by molar-refractivity contribution is -0.131. The summed E-state index contributed by atoms with van der Waals surface area (Å²) < 4.78 is 18.9. The summed E-state index contributed by atoms with van der Waals surface area (Å²) in [6.45, 7) is 7.24. The minimum Gasteiger partial charge on any atom is -0.493 e. The predicted octanol–water partition coefficient (Wildman–Crippen LogP) is 3.29. The Balaban J connectivity index is 1.31. The van der Waals surface area contributed by atoms with Crippen LogP contribution >= 0.6 is 0 Å². The number of nitrogens with one attached hydrogen (secondary N) is 1. The molecule has 1 saturated heterocycles. The minimum absolute atomic E-state index is 0.0240. The third-order valence-electron chi connectivity index (χ3n) is 5.86. The molecule has 9 heteroatoms. The van der Waals surface area contributed by atoms with Crippen LogP contribution in [0.1, 0.15) is 26.0 Å². The molecule has 1 fully saturated rings. The molecule has 0 spiro atoms. The molecule has 35 heavy (non-hydrogen) atoms. The second-order valence-electron chi connectivity index (χ2n) is 9.03. The van der Waals surface area contributed by atoms with Crippen molar-refractivity contribution >= 4 is 11.6 Å². The van der Waals surface area contributed by atoms with Crippen molar-refractivity contribution in [2.24, 2.45) is 5.92 Å². The van der Waals surface area contributed by atoms with Crippen LogP contribution in [-0.2, 0) is 11.2 Å². The van der Waals surface area contributed by atoms with Crippen molar-refractivity contribution in [2.75, 3.05) is 37.7 Å². The fourth-order valence-corrected chi connectivity index (χ4v) is 3.90. The molecule has 0 radical (unpaired) electrons. The number of aromatic amines is 1. The van der Waals surface area contributed by atoms with Gasteiger partial charge in [0, 0.05) is 50.3 Å². The number of carbonyl (C=O) groups is 1. The van der Waals surface area contributed by atoms with Crippen molar-refractivity contribution in [3.63, 3.8) is 0 Å². The molecule has 2 aromatic carbocycles. The van der Waals surface area contributed by atoms with Crippen LogP contribution in [0.5, 0.6) is 5.75 Å². The number of benzene rings is 2. The first kappa shape index (κ1) is 24.4. The molecule has 1 aromatic heterocycles. The zero-order valence-corrected chi connectivity index (χ0v) is 20.0. The van der Waals surface area contributed by atoms with Gasteiger partial charge in [-0.25, -0.2) is 4.39 Å². The standard InChI is InChI=1S/C26H30FN5O3/c1-18(2)17-35-22-5-3-4-19(16-22)25-28-26(34)23(29-30-25)10-11-24(33)32-14-12-31(13-15-32)21-8-6-20(27)7-9-21/h3-9,16,18H,10-15,17H2,1-2H3,(H,28,30,34). The molecule has 1 aliphatic rings. The number of aryl methyl sites for hydroxylation is 1. The van der Waals surface area contributed by atoms with Gasteiger partial charge in [0.05, 0.1) is 6.61 Å². The summed E-state index contributed by atoms with van der Waals surface area (Å²) in [5.74, 6) is 1.17. The van der Waals surface area contributed by atoms with Crippen molar-refractivity contribution in [1.29, 1.82) is 0 Å². The summed E-state index contributed by atoms with van der Waals surface area (Å²) in [4.78, 5) is 32.0. The van der Waals surface area contributed by atoms with E-state index in [1.54, 1.807) is 17.0 Å². The van der Waals surface area contributed by atoms with E-state index in [0.717, 1.165) is 5.69 Å². The Morgan fingerprint density at radius 1 is 1.09 bits per heavy atom. The number of aromatic nitrogens is 3. The van der Waals surface area contributed by atoms with Gasteiger partial charge in [0.2, 0.25) is 5.91 Å². The van der Waals surface area contributed by atoms with Crippen LogP contribution in [0.2, 0.25) is 0 Å². The molecule has 4 rings (SSSR count). The maximum absolute atomic E-state index is 13.1. The van der Waals surface area contributed by atoms with E-state index in [-0.39, 0.29) is 35.8 Å². The first-order valence-corrected chi connectivity index (χ1v) is 11.9. The van der Waals surface area contributed by atoms with E-state index in [4.69, 9.17) is 4.74 Å². The number of anilines is 1. The summed E-state index contributed by atoms with van der Waals surface area (Å²) in [6.07, 6.45) is 0.406. The molecule has 2 heterocycles. The predicted molar refractivity (Wildman–Crippen MR) is 132 cm³/mol. The molecule has 1 aliphatic heterocycles. The number of hydrogen-bond acceptors (Lipinski definition) is 6. The molecule has 0 atom stereocenters. The highest BCUT2D eigenvalue weighted by Gasteiger charge is 2.22. The Kier molecular flexibility index (Phi) is 7.74. The molecular weight excluding hydrogens is 449 g/mol. The van der Waals surface area contributed by atoms with Crippen LogP contribution in [0.4, 0.5) is 10.1 Å². The Hall–Kier alpha value is -3.75. The summed E-state index contributed by atoms with van der Waals surface area (Å²) in [6, 6.07) is 13.7. The van der Waals surface area contributed by atoms with E-state index >= 15 is 0 Å². The average Bonchev–Trinajstić information content (AvgIpc) is 2.87. The van der Waals surface area contributed by atoms with Gasteiger partial charge in [-0.05, 0) is 42.3 Å². The average molecular weight is 480 g/mol. The number of nitrogens with zero attached hydrogens (tertiary/aromatic N) is 4. The molecule has 184 valence electrons. The Labute approximate surface area is 203 Å². The first-order valence-electron chi connectivity index (χ1n) is 11.9. The van der Waals surface area contributed by atoms with Crippen molar-refractivity contribution < 1.29 is 13.9 Å². The van der Waals surface area contributed by atoms with Gasteiger partial charge < -0.3 is 19.5 Å². The Bertz CT molecular complexity index is 1200. The van der Waals surface area contributed by atoms with Crippen LogP contribution in [0, 0.1) is 11.7 Å². The van der Waals surface area contributed by atoms with Crippen molar-refractivity contribution in [3.8, 4) is 17.1 Å². The fraction of sp³-hybridized carbons (Fsp3) is 0.385. The normalized spacial score (nSPS) is 13.8. The second-order valence-corrected chi connectivity index (χ2v) is 9.03. The Morgan fingerprint density at radius 2 is 1.83 bits per heavy atom. The molecule has 0 unspecified atom stereocenters. The van der Waals surface area contributed by atoms with Crippen LogP contribution in [0.15, 0.2) is 53.3 Å². The number of H-pyrrole nitrogens is 1. The number of amides is 1. The quantitative estimate of drug-likeness (QED) is 0.533. The van der Waals surface area contributed by atoms with E-state index in [1.165, 1.54) is 12.1 Å². The lowest BCUT2D eigenvalue weighted by atomic mass is 10.2. The SMILES string of the molecule is CC(C)COc1cccc(-c2nnc(CCC(=O)N3CCN(c4ccc(F)cc4)CC3)c(=O)[nH]2)c1. The van der Waals surface area contributed by atoms with Gasteiger partial charge in [0.1, 0.15) is 17.3 Å². The van der Waals surface area contributed by atoms with Gasteiger partial charge in [-0.15, -0.1) is 10.2 Å². The smallest absolute Gasteiger partial charge is 0.273 e. The number of hydrogen-bond donors (Lipinski definition) is 1. The topological polar surface area (TPSA) is 91.4 Å². The minimum atomic E-state index is -0.350. The molecule has 0 bridgehead atoms. The van der Waals surface area contributed by atoms with Crippen LogP contribution in [0.3, 0.4) is 0 Å². The summed E-state index contributed by atoms with van der Waals surface area (Å²) in [5, 5.41) is 8.26. The summed E-state index contributed by atoms with van der Waals surface area (Å²) in [5.41, 5.74) is 1.53. The first-order chi connectivity index (χ1) is 16.9. The number of halogens is 1. The Morgan fingerprint density at radius 3 is 2.51 bits per heavy atom. The van der Waals surface area contributed by atoms with Crippen molar-refractivity contribution in [3.05, 3.63) is 70.4 Å². The van der Waals surface area contributed by atoms with E-state index in [0.29, 0.717) is 55.8 Å². The van der Waals surface area contributed by atoms with Crippen molar-refractivity contribution in [1.82, 2.24) is 20.1 Å². The fourth-order valence-electron chi connectivity index (χ4n) is 3.90. The van der Waals surface area contributed by atoms with E-state index in [9.17, 15) is 14.0 Å². The molecule has 3 aromatic rings. The lowest BCUT2D eigenvalue weighted by Gasteiger charge is -2.36. The zero-order chi connectivity index (χ0) is 24.8. The number of rotatable bonds is 8. The molecule has 8 nitrogen and oxygen atoms in total. The maximum atomic E-state index is 13.1. The third-order valence-corrected chi connectivity index (χ3v) is 5.86. The summed E-state index contributed by atoms with van der Waals surface area (Å²) >= 11 is 0. The summed E-state index contributed by atoms with van der Waals surface area (Å²) in [7, 11) is 0. The van der Waals surface area contributed by atoms with E-state index in [2.05, 4.69) is 33.9 Å². The van der Waals surface area contributed by atoms with Crippen molar-refractivity contribution in [2.45, 2.75) is 26.7 Å². The van der Waals surface area contributed by atoms with E-state index < -0.39 is 0 Å². The monoisotopic (exact) mass is 479 g/mol. The largest absolute Gasteiger partial charge is 0.493 e. The molecule has 1 N–H and O–H groups in total. The molecule has 1 amide bonds. The van der Waals surface area contributed by atoms with Crippen LogP contribution < -0.4 is 15.2 Å².